The number of halogens is 2. The van der Waals surface area contributed by atoms with Gasteiger partial charge in [-0.3, -0.25) is 4.79 Å². The Morgan fingerprint density at radius 1 is 1.40 bits per heavy atom. The summed E-state index contributed by atoms with van der Waals surface area (Å²) in [7, 11) is -3.12. The zero-order chi connectivity index (χ0) is 21.5. The average Bonchev–Trinajstić information content (AvgIpc) is 3.25. The van der Waals surface area contributed by atoms with Gasteiger partial charge in [0.25, 0.3) is 0 Å². The predicted octanol–water partition coefficient (Wildman–Crippen LogP) is 2.65. The molecular weight excluding hydrogens is 435 g/mol. The highest BCUT2D eigenvalue weighted by molar-refractivity contribution is 7.91. The minimum Gasteiger partial charge on any atom is -0.356 e. The number of nitrogens with zero attached hydrogens (tertiary/aromatic N) is 3. The van der Waals surface area contributed by atoms with Gasteiger partial charge >= 0.3 is 0 Å². The van der Waals surface area contributed by atoms with E-state index in [9.17, 15) is 17.6 Å². The van der Waals surface area contributed by atoms with Gasteiger partial charge in [-0.05, 0) is 19.4 Å². The van der Waals surface area contributed by atoms with E-state index in [0.717, 1.165) is 6.20 Å². The summed E-state index contributed by atoms with van der Waals surface area (Å²) in [6.07, 6.45) is 4.51. The van der Waals surface area contributed by atoms with Crippen LogP contribution in [0.3, 0.4) is 0 Å². The number of fused-ring (bicyclic) bond motifs is 1. The molecule has 0 saturated carbocycles. The Morgan fingerprint density at radius 3 is 2.93 bits per heavy atom. The SMILES string of the molecule is C[C@H](Nc1nc(-c2c[nH]c3ncc(Cl)cc23)ncc1F)C(=O)NC1CCS(=O)(=O)C1.[HH].[HH].[HH]. The van der Waals surface area contributed by atoms with Gasteiger partial charge < -0.3 is 15.6 Å². The number of pyridine rings is 1. The smallest absolute Gasteiger partial charge is 0.242 e. The van der Waals surface area contributed by atoms with Crippen LogP contribution in [-0.2, 0) is 14.6 Å². The first-order chi connectivity index (χ1) is 14.2. The van der Waals surface area contributed by atoms with E-state index in [1.54, 1.807) is 12.3 Å². The average molecular weight is 459 g/mol. The van der Waals surface area contributed by atoms with Gasteiger partial charge in [-0.25, -0.2) is 27.8 Å². The van der Waals surface area contributed by atoms with Gasteiger partial charge in [0.15, 0.2) is 27.3 Å². The van der Waals surface area contributed by atoms with Crippen LogP contribution in [0.25, 0.3) is 22.4 Å². The van der Waals surface area contributed by atoms with Crippen molar-refractivity contribution in [2.45, 2.75) is 25.4 Å². The largest absolute Gasteiger partial charge is 0.356 e. The number of carbonyl (C=O) groups excluding carboxylic acids is 1. The van der Waals surface area contributed by atoms with Gasteiger partial charge in [0.1, 0.15) is 11.7 Å². The highest BCUT2D eigenvalue weighted by Gasteiger charge is 2.30. The molecular formula is C18H24ClFN6O3S. The normalized spacial score (nSPS) is 19.0. The third kappa shape index (κ3) is 4.21. The Balaban J connectivity index is 0.00000181. The van der Waals surface area contributed by atoms with E-state index in [1.165, 1.54) is 13.1 Å². The van der Waals surface area contributed by atoms with E-state index < -0.39 is 33.6 Å². The molecule has 1 saturated heterocycles. The number of hydrogen-bond acceptors (Lipinski definition) is 7. The molecule has 0 bridgehead atoms. The molecule has 9 nitrogen and oxygen atoms in total. The monoisotopic (exact) mass is 458 g/mol. The van der Waals surface area contributed by atoms with Gasteiger partial charge in [0.2, 0.25) is 5.91 Å². The third-order valence-electron chi connectivity index (χ3n) is 4.81. The molecule has 0 spiro atoms. The molecule has 0 aromatic carbocycles. The number of amides is 1. The molecule has 3 N–H and O–H groups in total. The van der Waals surface area contributed by atoms with Gasteiger partial charge in [0, 0.05) is 33.7 Å². The molecule has 3 aromatic rings. The van der Waals surface area contributed by atoms with Crippen LogP contribution in [0.4, 0.5) is 10.2 Å². The highest BCUT2D eigenvalue weighted by atomic mass is 35.5. The van der Waals surface area contributed by atoms with E-state index in [-0.39, 0.29) is 27.4 Å². The number of hydrogen-bond donors (Lipinski definition) is 3. The predicted molar refractivity (Wildman–Crippen MR) is 117 cm³/mol. The number of carbonyl (C=O) groups is 1. The second-order valence-electron chi connectivity index (χ2n) is 7.12. The summed E-state index contributed by atoms with van der Waals surface area (Å²) in [5.74, 6) is -1.13. The summed E-state index contributed by atoms with van der Waals surface area (Å²) < 4.78 is 37.4. The molecule has 1 aliphatic rings. The minimum absolute atomic E-state index is 0. The van der Waals surface area contributed by atoms with Crippen LogP contribution >= 0.6 is 11.6 Å². The maximum Gasteiger partial charge on any atom is 0.242 e. The van der Waals surface area contributed by atoms with Crippen LogP contribution in [0.15, 0.2) is 24.7 Å². The van der Waals surface area contributed by atoms with Crippen molar-refractivity contribution < 1.29 is 21.9 Å². The summed E-state index contributed by atoms with van der Waals surface area (Å²) in [4.78, 5) is 27.8. The van der Waals surface area contributed by atoms with E-state index >= 15 is 0 Å². The number of aromatic amines is 1. The fourth-order valence-corrected chi connectivity index (χ4v) is 5.10. The Kier molecular flexibility index (Phi) is 5.33. The number of rotatable bonds is 5. The fourth-order valence-electron chi connectivity index (χ4n) is 3.27. The lowest BCUT2D eigenvalue weighted by molar-refractivity contribution is -0.122. The topological polar surface area (TPSA) is 130 Å². The lowest BCUT2D eigenvalue weighted by Gasteiger charge is -2.18. The Labute approximate surface area is 180 Å². The van der Waals surface area contributed by atoms with Gasteiger partial charge in [-0.2, -0.15) is 0 Å². The fraction of sp³-hybridized carbons (Fsp3) is 0.333. The van der Waals surface area contributed by atoms with Crippen molar-refractivity contribution in [1.82, 2.24) is 25.3 Å². The van der Waals surface area contributed by atoms with Crippen molar-refractivity contribution in [2.24, 2.45) is 0 Å². The molecule has 1 fully saturated rings. The Morgan fingerprint density at radius 2 is 2.20 bits per heavy atom. The highest BCUT2D eigenvalue weighted by Crippen LogP contribution is 2.28. The van der Waals surface area contributed by atoms with E-state index in [2.05, 4.69) is 30.6 Å². The molecule has 1 amide bonds. The van der Waals surface area contributed by atoms with Gasteiger partial charge in [-0.1, -0.05) is 11.6 Å². The number of anilines is 1. The summed E-state index contributed by atoms with van der Waals surface area (Å²) >= 11 is 6.01. The molecule has 1 aliphatic heterocycles. The second kappa shape index (κ2) is 7.80. The zero-order valence-electron chi connectivity index (χ0n) is 15.8. The first kappa shape index (κ1) is 20.5. The van der Waals surface area contributed by atoms with Crippen LogP contribution < -0.4 is 10.6 Å². The van der Waals surface area contributed by atoms with Crippen molar-refractivity contribution in [3.8, 4) is 11.4 Å². The molecule has 4 rings (SSSR count). The van der Waals surface area contributed by atoms with E-state index in [0.29, 0.717) is 28.0 Å². The van der Waals surface area contributed by atoms with Crippen molar-refractivity contribution >= 4 is 44.2 Å². The molecule has 2 atom stereocenters. The number of nitrogens with one attached hydrogen (secondary N) is 3. The van der Waals surface area contributed by atoms with E-state index in [1.807, 2.05) is 0 Å². The lowest BCUT2D eigenvalue weighted by Crippen LogP contribution is -2.44. The Bertz CT molecular complexity index is 1250. The minimum atomic E-state index is -3.12. The quantitative estimate of drug-likeness (QED) is 0.535. The zero-order valence-corrected chi connectivity index (χ0v) is 17.4. The number of aromatic nitrogens is 4. The summed E-state index contributed by atoms with van der Waals surface area (Å²) in [6.45, 7) is 1.54. The third-order valence-corrected chi connectivity index (χ3v) is 6.78. The molecule has 4 heterocycles. The van der Waals surface area contributed by atoms with Crippen LogP contribution in [0.5, 0.6) is 0 Å². The molecule has 164 valence electrons. The molecule has 12 heteroatoms. The summed E-state index contributed by atoms with van der Waals surface area (Å²) in [6, 6.07) is 0.409. The van der Waals surface area contributed by atoms with Crippen molar-refractivity contribution in [3.63, 3.8) is 0 Å². The van der Waals surface area contributed by atoms with Crippen LogP contribution in [0.2, 0.25) is 5.02 Å². The first-order valence-corrected chi connectivity index (χ1v) is 11.3. The molecule has 1 unspecified atom stereocenters. The van der Waals surface area contributed by atoms with Gasteiger partial charge in [-0.15, -0.1) is 0 Å². The maximum absolute atomic E-state index is 14.3. The van der Waals surface area contributed by atoms with Gasteiger partial charge in [0.05, 0.1) is 22.7 Å². The molecule has 0 radical (unpaired) electrons. The molecule has 3 aromatic heterocycles. The van der Waals surface area contributed by atoms with E-state index in [4.69, 9.17) is 11.6 Å². The van der Waals surface area contributed by atoms with Crippen LogP contribution in [0, 0.1) is 5.82 Å². The van der Waals surface area contributed by atoms with Crippen LogP contribution in [0.1, 0.15) is 17.6 Å². The first-order valence-electron chi connectivity index (χ1n) is 9.15. The summed E-state index contributed by atoms with van der Waals surface area (Å²) in [5, 5.41) is 6.51. The lowest BCUT2D eigenvalue weighted by atomic mass is 10.2. The Hall–Kier alpha value is -2.79. The van der Waals surface area contributed by atoms with Crippen molar-refractivity contribution in [2.75, 3.05) is 16.8 Å². The number of H-pyrrole nitrogens is 1. The summed E-state index contributed by atoms with van der Waals surface area (Å²) in [5.41, 5.74) is 1.16. The van der Waals surface area contributed by atoms with Crippen molar-refractivity contribution in [3.05, 3.63) is 35.5 Å². The second-order valence-corrected chi connectivity index (χ2v) is 9.78. The standard InChI is InChI=1S/C18H18ClFN6O3S.3H2/c1-9(18(27)25-11-2-3-30(28,29)8-11)24-17-14(20)7-23-16(26-17)13-6-22-15-12(13)4-10(19)5-21-15;;;/h4-7,9,11H,2-3,8H2,1H3,(H,21,22)(H,25,27)(H,23,24,26);3*1H/t9-,11?;;;/m0.../s1. The maximum atomic E-state index is 14.3. The molecule has 0 aliphatic carbocycles. The van der Waals surface area contributed by atoms with Crippen molar-refractivity contribution in [1.29, 1.82) is 0 Å². The number of sulfone groups is 1. The van der Waals surface area contributed by atoms with Crippen LogP contribution in [-0.4, -0.2) is 57.9 Å². The molecule has 30 heavy (non-hydrogen) atoms.